The molecule has 0 unspecified atom stereocenters. The number of hydrogen-bond acceptors (Lipinski definition) is 7. The van der Waals surface area contributed by atoms with Crippen LogP contribution in [0.4, 0.5) is 5.95 Å². The quantitative estimate of drug-likeness (QED) is 0.519. The summed E-state index contributed by atoms with van der Waals surface area (Å²) in [7, 11) is 1.94. The number of fused-ring (bicyclic) bond motifs is 1. The molecule has 0 saturated heterocycles. The van der Waals surface area contributed by atoms with Crippen molar-refractivity contribution in [2.24, 2.45) is 7.05 Å². The highest BCUT2D eigenvalue weighted by molar-refractivity contribution is 5.80. The Morgan fingerprint density at radius 1 is 1.10 bits per heavy atom. The van der Waals surface area contributed by atoms with Crippen molar-refractivity contribution in [3.05, 3.63) is 36.9 Å². The molecule has 0 saturated carbocycles. The van der Waals surface area contributed by atoms with Crippen molar-refractivity contribution in [1.82, 2.24) is 34.3 Å². The largest absolute Gasteiger partial charge is 0.392 e. The summed E-state index contributed by atoms with van der Waals surface area (Å²) in [6.45, 7) is 6.22. The van der Waals surface area contributed by atoms with Crippen molar-refractivity contribution in [3.63, 3.8) is 0 Å². The SMILES string of the molecule is CC(C)n1cc(-c2ccnc(NC[C@H](C)O)n2)c(-c2cnc3c(ccn3C)n2)n1. The molecular formula is C20H24N8O. The molecule has 9 nitrogen and oxygen atoms in total. The minimum atomic E-state index is -0.491. The van der Waals surface area contributed by atoms with Gasteiger partial charge < -0.3 is 15.0 Å². The maximum atomic E-state index is 9.50. The number of anilines is 1. The number of aromatic nitrogens is 7. The molecule has 0 spiro atoms. The van der Waals surface area contributed by atoms with E-state index in [9.17, 15) is 5.11 Å². The Labute approximate surface area is 168 Å². The Morgan fingerprint density at radius 3 is 2.69 bits per heavy atom. The van der Waals surface area contributed by atoms with E-state index in [0.717, 1.165) is 28.1 Å². The molecule has 4 aromatic rings. The Bertz CT molecular complexity index is 1140. The Balaban J connectivity index is 1.80. The maximum absolute atomic E-state index is 9.50. The molecule has 2 N–H and O–H groups in total. The van der Waals surface area contributed by atoms with Crippen molar-refractivity contribution in [1.29, 1.82) is 0 Å². The molecule has 0 aromatic carbocycles. The van der Waals surface area contributed by atoms with E-state index in [1.807, 2.05) is 40.8 Å². The standard InChI is InChI=1S/C20H24N8O/c1-12(2)28-11-14(15-5-7-21-20(25-15)23-9-13(3)29)18(26-28)17-10-22-19-16(24-17)6-8-27(19)4/h5-8,10-13,29H,9H2,1-4H3,(H,21,23,25)/t13-/m0/s1. The molecule has 1 atom stereocenters. The van der Waals surface area contributed by atoms with Crippen LogP contribution in [0.15, 0.2) is 36.9 Å². The van der Waals surface area contributed by atoms with Crippen molar-refractivity contribution < 1.29 is 5.11 Å². The second kappa shape index (κ2) is 7.59. The molecule has 0 aliphatic rings. The second-order valence-corrected chi connectivity index (χ2v) is 7.35. The Morgan fingerprint density at radius 2 is 1.93 bits per heavy atom. The number of aliphatic hydroxyl groups is 1. The van der Waals surface area contributed by atoms with E-state index in [-0.39, 0.29) is 6.04 Å². The van der Waals surface area contributed by atoms with E-state index >= 15 is 0 Å². The van der Waals surface area contributed by atoms with E-state index in [1.54, 1.807) is 19.3 Å². The first kappa shape index (κ1) is 19.0. The zero-order chi connectivity index (χ0) is 20.5. The van der Waals surface area contributed by atoms with Crippen LogP contribution >= 0.6 is 0 Å². The highest BCUT2D eigenvalue weighted by Crippen LogP contribution is 2.30. The third-order valence-corrected chi connectivity index (χ3v) is 4.56. The molecule has 9 heteroatoms. The van der Waals surface area contributed by atoms with Gasteiger partial charge in [-0.15, -0.1) is 0 Å². The van der Waals surface area contributed by atoms with Gasteiger partial charge >= 0.3 is 0 Å². The first-order valence-corrected chi connectivity index (χ1v) is 9.55. The third kappa shape index (κ3) is 3.81. The van der Waals surface area contributed by atoms with E-state index < -0.39 is 6.10 Å². The molecule has 4 aromatic heterocycles. The number of nitrogens with one attached hydrogen (secondary N) is 1. The Kier molecular flexibility index (Phi) is 4.98. The van der Waals surface area contributed by atoms with Gasteiger partial charge in [0.1, 0.15) is 16.9 Å². The van der Waals surface area contributed by atoms with Crippen LogP contribution in [0.2, 0.25) is 0 Å². The predicted octanol–water partition coefficient (Wildman–Crippen LogP) is 2.66. The fourth-order valence-electron chi connectivity index (χ4n) is 3.01. The molecule has 0 radical (unpaired) electrons. The molecule has 150 valence electrons. The van der Waals surface area contributed by atoms with Gasteiger partial charge in [-0.2, -0.15) is 5.10 Å². The first-order chi connectivity index (χ1) is 13.9. The van der Waals surface area contributed by atoms with Crippen LogP contribution in [0.5, 0.6) is 0 Å². The van der Waals surface area contributed by atoms with Gasteiger partial charge in [0.25, 0.3) is 0 Å². The summed E-state index contributed by atoms with van der Waals surface area (Å²) >= 11 is 0. The minimum absolute atomic E-state index is 0.186. The summed E-state index contributed by atoms with van der Waals surface area (Å²) in [5, 5.41) is 17.3. The van der Waals surface area contributed by atoms with Gasteiger partial charge in [-0.05, 0) is 32.9 Å². The van der Waals surface area contributed by atoms with Crippen LogP contribution in [0.3, 0.4) is 0 Å². The monoisotopic (exact) mass is 392 g/mol. The lowest BCUT2D eigenvalue weighted by atomic mass is 10.1. The van der Waals surface area contributed by atoms with Gasteiger partial charge in [-0.1, -0.05) is 0 Å². The average molecular weight is 392 g/mol. The normalized spacial score (nSPS) is 12.6. The van der Waals surface area contributed by atoms with Crippen LogP contribution < -0.4 is 5.32 Å². The van der Waals surface area contributed by atoms with Crippen molar-refractivity contribution in [2.45, 2.75) is 32.9 Å². The second-order valence-electron chi connectivity index (χ2n) is 7.35. The summed E-state index contributed by atoms with van der Waals surface area (Å²) in [5.41, 5.74) is 4.63. The molecule has 4 heterocycles. The lowest BCUT2D eigenvalue weighted by Crippen LogP contribution is -2.16. The molecule has 0 amide bonds. The summed E-state index contributed by atoms with van der Waals surface area (Å²) in [4.78, 5) is 18.1. The van der Waals surface area contributed by atoms with E-state index in [4.69, 9.17) is 10.1 Å². The van der Waals surface area contributed by atoms with Gasteiger partial charge in [0.05, 0.1) is 18.0 Å². The zero-order valence-electron chi connectivity index (χ0n) is 16.9. The number of nitrogens with zero attached hydrogens (tertiary/aromatic N) is 7. The van der Waals surface area contributed by atoms with Crippen LogP contribution in [-0.2, 0) is 7.05 Å². The number of aryl methyl sites for hydroxylation is 1. The molecule has 0 bridgehead atoms. The molecule has 4 rings (SSSR count). The summed E-state index contributed by atoms with van der Waals surface area (Å²) in [5.74, 6) is 0.455. The highest BCUT2D eigenvalue weighted by Gasteiger charge is 2.18. The summed E-state index contributed by atoms with van der Waals surface area (Å²) < 4.78 is 3.83. The molecule has 29 heavy (non-hydrogen) atoms. The topological polar surface area (TPSA) is 107 Å². The summed E-state index contributed by atoms with van der Waals surface area (Å²) in [6, 6.07) is 3.96. The van der Waals surface area contributed by atoms with Crippen molar-refractivity contribution in [2.75, 3.05) is 11.9 Å². The third-order valence-electron chi connectivity index (χ3n) is 4.56. The smallest absolute Gasteiger partial charge is 0.223 e. The number of aliphatic hydroxyl groups excluding tert-OH is 1. The number of rotatable bonds is 6. The fraction of sp³-hybridized carbons (Fsp3) is 0.350. The zero-order valence-corrected chi connectivity index (χ0v) is 16.9. The van der Waals surface area contributed by atoms with Crippen molar-refractivity contribution >= 4 is 17.1 Å². The van der Waals surface area contributed by atoms with Gasteiger partial charge in [0, 0.05) is 43.8 Å². The minimum Gasteiger partial charge on any atom is -0.392 e. The first-order valence-electron chi connectivity index (χ1n) is 9.55. The van der Waals surface area contributed by atoms with Crippen molar-refractivity contribution in [3.8, 4) is 22.6 Å². The lowest BCUT2D eigenvalue weighted by Gasteiger charge is -2.08. The predicted molar refractivity (Wildman–Crippen MR) is 111 cm³/mol. The van der Waals surface area contributed by atoms with E-state index in [0.29, 0.717) is 18.2 Å². The van der Waals surface area contributed by atoms with Crippen LogP contribution in [-0.4, -0.2) is 52.0 Å². The fourth-order valence-corrected chi connectivity index (χ4v) is 3.01. The van der Waals surface area contributed by atoms with Crippen LogP contribution in [0.1, 0.15) is 26.8 Å². The van der Waals surface area contributed by atoms with Crippen LogP contribution in [0, 0.1) is 0 Å². The lowest BCUT2D eigenvalue weighted by molar-refractivity contribution is 0.208. The maximum Gasteiger partial charge on any atom is 0.223 e. The molecule has 0 fully saturated rings. The average Bonchev–Trinajstić information content (AvgIpc) is 3.31. The Hall–Kier alpha value is -3.33. The molecule has 0 aliphatic heterocycles. The van der Waals surface area contributed by atoms with E-state index in [1.165, 1.54) is 0 Å². The summed E-state index contributed by atoms with van der Waals surface area (Å²) in [6.07, 6.45) is 6.85. The van der Waals surface area contributed by atoms with Gasteiger partial charge in [-0.3, -0.25) is 4.68 Å². The van der Waals surface area contributed by atoms with Gasteiger partial charge in [0.15, 0.2) is 5.65 Å². The molecular weight excluding hydrogens is 368 g/mol. The highest BCUT2D eigenvalue weighted by atomic mass is 16.3. The van der Waals surface area contributed by atoms with E-state index in [2.05, 4.69) is 34.1 Å². The molecule has 0 aliphatic carbocycles. The van der Waals surface area contributed by atoms with Gasteiger partial charge in [-0.25, -0.2) is 19.9 Å². The van der Waals surface area contributed by atoms with Crippen LogP contribution in [0.25, 0.3) is 33.8 Å². The number of hydrogen-bond donors (Lipinski definition) is 2. The van der Waals surface area contributed by atoms with Gasteiger partial charge in [0.2, 0.25) is 5.95 Å².